The van der Waals surface area contributed by atoms with Crippen molar-refractivity contribution in [3.63, 3.8) is 0 Å². The highest BCUT2D eigenvalue weighted by Crippen LogP contribution is 2.32. The molecule has 1 unspecified atom stereocenters. The Morgan fingerprint density at radius 2 is 1.90 bits per heavy atom. The number of imidazole rings is 1. The highest BCUT2D eigenvalue weighted by Gasteiger charge is 2.34. The number of ether oxygens (including phenoxy) is 2. The number of hydrogen-bond donors (Lipinski definition) is 3. The lowest BCUT2D eigenvalue weighted by Crippen LogP contribution is -2.46. The number of pyridine rings is 1. The van der Waals surface area contributed by atoms with Gasteiger partial charge in [0.15, 0.2) is 5.65 Å². The second kappa shape index (κ2) is 8.63. The number of morpholine rings is 1. The van der Waals surface area contributed by atoms with Crippen LogP contribution in [0.2, 0.25) is 5.02 Å². The van der Waals surface area contributed by atoms with Crippen LogP contribution in [0.4, 0.5) is 5.69 Å². The predicted octanol–water partition coefficient (Wildman–Crippen LogP) is 3.19. The Labute approximate surface area is 186 Å². The molecular weight excluding hydrogens is 418 g/mol. The molecule has 4 rings (SSSR count). The van der Waals surface area contributed by atoms with Crippen molar-refractivity contribution in [3.05, 3.63) is 35.4 Å². The molecule has 3 heterocycles. The number of aliphatic hydroxyl groups is 1. The van der Waals surface area contributed by atoms with Crippen LogP contribution in [-0.2, 0) is 4.74 Å². The van der Waals surface area contributed by atoms with Crippen molar-refractivity contribution in [2.45, 2.75) is 33.1 Å². The lowest BCUT2D eigenvalue weighted by molar-refractivity contribution is -0.0261. The van der Waals surface area contributed by atoms with Gasteiger partial charge in [-0.1, -0.05) is 37.6 Å². The maximum Gasteiger partial charge on any atom is 0.296 e. The first kappa shape index (κ1) is 21.8. The Balaban J connectivity index is 1.57. The van der Waals surface area contributed by atoms with Gasteiger partial charge < -0.3 is 30.2 Å². The smallest absolute Gasteiger partial charge is 0.296 e. The number of aromatic nitrogens is 3. The number of fused-ring (bicyclic) bond motifs is 1. The number of halogens is 1. The molecule has 31 heavy (non-hydrogen) atoms. The van der Waals surface area contributed by atoms with Gasteiger partial charge >= 0.3 is 0 Å². The van der Waals surface area contributed by atoms with Crippen LogP contribution in [0.3, 0.4) is 0 Å². The Bertz CT molecular complexity index is 1050. The van der Waals surface area contributed by atoms with E-state index >= 15 is 0 Å². The number of aromatic amines is 1. The molecule has 0 saturated carbocycles. The highest BCUT2D eigenvalue weighted by molar-refractivity contribution is 6.33. The van der Waals surface area contributed by atoms with Crippen molar-refractivity contribution in [2.24, 2.45) is 11.1 Å². The van der Waals surface area contributed by atoms with Gasteiger partial charge in [0.05, 0.1) is 29.4 Å². The summed E-state index contributed by atoms with van der Waals surface area (Å²) in [7, 11) is 0. The van der Waals surface area contributed by atoms with Crippen molar-refractivity contribution in [1.82, 2.24) is 15.0 Å². The summed E-state index contributed by atoms with van der Waals surface area (Å²) in [5.74, 6) is 0. The topological polar surface area (TPSA) is 110 Å². The van der Waals surface area contributed by atoms with E-state index in [1.165, 1.54) is 0 Å². The largest absolute Gasteiger partial charge is 0.461 e. The number of benzene rings is 1. The Hall–Kier alpha value is -2.39. The molecule has 0 radical (unpaired) electrons. The molecule has 2 atom stereocenters. The van der Waals surface area contributed by atoms with Gasteiger partial charge in [0.25, 0.3) is 6.01 Å². The first-order valence-electron chi connectivity index (χ1n) is 10.4. The number of hydrogen-bond acceptors (Lipinski definition) is 7. The maximum atomic E-state index is 9.80. The zero-order valence-electron chi connectivity index (χ0n) is 17.9. The molecule has 8 nitrogen and oxygen atoms in total. The van der Waals surface area contributed by atoms with E-state index in [1.54, 1.807) is 6.07 Å². The molecule has 1 aromatic carbocycles. The van der Waals surface area contributed by atoms with Crippen LogP contribution in [-0.4, -0.2) is 58.7 Å². The van der Waals surface area contributed by atoms with E-state index in [9.17, 15) is 5.11 Å². The zero-order chi connectivity index (χ0) is 22.2. The molecule has 0 aliphatic carbocycles. The Morgan fingerprint density at radius 1 is 1.23 bits per heavy atom. The average molecular weight is 446 g/mol. The third-order valence-corrected chi connectivity index (χ3v) is 6.31. The van der Waals surface area contributed by atoms with E-state index in [0.29, 0.717) is 27.9 Å². The molecule has 1 aliphatic rings. The zero-order valence-corrected chi connectivity index (χ0v) is 18.7. The fraction of sp³-hybridized carbons (Fsp3) is 0.455. The number of anilines is 1. The molecule has 0 amide bonds. The van der Waals surface area contributed by atoms with Crippen molar-refractivity contribution in [2.75, 3.05) is 31.2 Å². The number of aliphatic hydroxyl groups excluding tert-OH is 1. The van der Waals surface area contributed by atoms with Gasteiger partial charge in [0, 0.05) is 29.8 Å². The fourth-order valence-electron chi connectivity index (χ4n) is 3.37. The second-order valence-corrected chi connectivity index (χ2v) is 8.81. The predicted molar refractivity (Wildman–Crippen MR) is 121 cm³/mol. The minimum Gasteiger partial charge on any atom is -0.461 e. The average Bonchev–Trinajstić information content (AvgIpc) is 3.14. The molecule has 2 aromatic heterocycles. The molecule has 3 aromatic rings. The maximum absolute atomic E-state index is 9.80. The molecule has 4 N–H and O–H groups in total. The van der Waals surface area contributed by atoms with Crippen molar-refractivity contribution < 1.29 is 14.6 Å². The lowest BCUT2D eigenvalue weighted by atomic mass is 9.86. The van der Waals surface area contributed by atoms with Crippen molar-refractivity contribution >= 4 is 28.5 Å². The van der Waals surface area contributed by atoms with Gasteiger partial charge in [-0.25, -0.2) is 4.98 Å². The summed E-state index contributed by atoms with van der Waals surface area (Å²) in [4.78, 5) is 14.5. The number of nitrogens with two attached hydrogens (primary N) is 1. The summed E-state index contributed by atoms with van der Waals surface area (Å²) >= 11 is 6.53. The Morgan fingerprint density at radius 3 is 2.55 bits per heavy atom. The third-order valence-electron chi connectivity index (χ3n) is 6.02. The van der Waals surface area contributed by atoms with Crippen LogP contribution in [0, 0.1) is 5.41 Å². The summed E-state index contributed by atoms with van der Waals surface area (Å²) in [5.41, 5.74) is 8.91. The summed E-state index contributed by atoms with van der Waals surface area (Å²) in [6, 6.07) is 10.3. The molecule has 1 aliphatic heterocycles. The number of H-pyrrole nitrogens is 1. The van der Waals surface area contributed by atoms with Gasteiger partial charge in [-0.3, -0.25) is 0 Å². The van der Waals surface area contributed by atoms with E-state index in [2.05, 4.69) is 32.0 Å². The fourth-order valence-corrected chi connectivity index (χ4v) is 3.63. The molecule has 1 saturated heterocycles. The van der Waals surface area contributed by atoms with Crippen molar-refractivity contribution in [3.8, 4) is 17.3 Å². The Kier molecular flexibility index (Phi) is 6.07. The third kappa shape index (κ3) is 4.48. The van der Waals surface area contributed by atoms with Crippen LogP contribution in [0.5, 0.6) is 6.01 Å². The quantitative estimate of drug-likeness (QED) is 0.500. The molecule has 0 spiro atoms. The van der Waals surface area contributed by atoms with Crippen molar-refractivity contribution in [1.29, 1.82) is 0 Å². The normalized spacial score (nSPS) is 17.0. The van der Waals surface area contributed by atoms with Crippen LogP contribution < -0.4 is 15.4 Å². The number of rotatable bonds is 6. The van der Waals surface area contributed by atoms with Gasteiger partial charge in [-0.2, -0.15) is 4.98 Å². The summed E-state index contributed by atoms with van der Waals surface area (Å²) in [6.45, 7) is 8.76. The van der Waals surface area contributed by atoms with Gasteiger partial charge in [-0.05, 0) is 25.1 Å². The molecule has 166 valence electrons. The SMILES string of the molecule is C[C@H](Oc1nc2nc(-c3ccc(N4CCOCC4)cc3)c(Cl)cc2[nH]1)C(C)(C)C(N)O. The van der Waals surface area contributed by atoms with Gasteiger partial charge in [0.2, 0.25) is 0 Å². The first-order valence-corrected chi connectivity index (χ1v) is 10.7. The van der Waals surface area contributed by atoms with Crippen LogP contribution in [0.15, 0.2) is 30.3 Å². The summed E-state index contributed by atoms with van der Waals surface area (Å²) in [6.07, 6.45) is -1.40. The standard InChI is InChI=1S/C22H28ClN5O3/c1-13(22(2,3)20(24)29)31-21-25-17-12-16(23)18(26-19(17)27-21)14-4-6-15(7-5-14)28-8-10-30-11-9-28/h4-7,12-13,20,29H,8-11,24H2,1-3H3,(H,25,26,27)/t13-,20?/m0/s1. The van der Waals surface area contributed by atoms with E-state index in [4.69, 9.17) is 26.8 Å². The molecule has 0 bridgehead atoms. The second-order valence-electron chi connectivity index (χ2n) is 8.40. The van der Waals surface area contributed by atoms with Crippen LogP contribution in [0.25, 0.3) is 22.4 Å². The molecule has 1 fully saturated rings. The van der Waals surface area contributed by atoms with Gasteiger partial charge in [-0.15, -0.1) is 0 Å². The minimum absolute atomic E-state index is 0.305. The summed E-state index contributed by atoms with van der Waals surface area (Å²) < 4.78 is 11.3. The van der Waals surface area contributed by atoms with E-state index < -0.39 is 11.6 Å². The minimum atomic E-state index is -1.02. The van der Waals surface area contributed by atoms with Crippen LogP contribution in [0.1, 0.15) is 20.8 Å². The summed E-state index contributed by atoms with van der Waals surface area (Å²) in [5, 5.41) is 10.3. The monoisotopic (exact) mass is 445 g/mol. The van der Waals surface area contributed by atoms with Gasteiger partial charge in [0.1, 0.15) is 12.3 Å². The number of nitrogens with zero attached hydrogens (tertiary/aromatic N) is 3. The number of nitrogens with one attached hydrogen (secondary N) is 1. The first-order chi connectivity index (χ1) is 14.8. The van der Waals surface area contributed by atoms with Crippen LogP contribution >= 0.6 is 11.6 Å². The molecule has 9 heteroatoms. The van der Waals surface area contributed by atoms with E-state index in [-0.39, 0.29) is 6.10 Å². The van der Waals surface area contributed by atoms with E-state index in [0.717, 1.165) is 37.6 Å². The molecular formula is C22H28ClN5O3. The van der Waals surface area contributed by atoms with E-state index in [1.807, 2.05) is 32.9 Å². The highest BCUT2D eigenvalue weighted by atomic mass is 35.5. The lowest BCUT2D eigenvalue weighted by Gasteiger charge is -2.33.